The standard InChI is InChI=1S/C17H16ClFN6O3/c1-8(9-3-4-11(18)12(19)5-9)21-16(26)22-14-6-13-10(7-20-14)15(25-24-13)23-17(27)28-2/h3-8H,1-2H3,(H2,20,21,22,26)(H2,23,24,25,27). The van der Waals surface area contributed by atoms with Gasteiger partial charge in [0.1, 0.15) is 11.6 Å². The van der Waals surface area contributed by atoms with Crippen molar-refractivity contribution in [3.8, 4) is 0 Å². The molecule has 9 nitrogen and oxygen atoms in total. The molecule has 146 valence electrons. The molecule has 3 amide bonds. The Morgan fingerprint density at radius 1 is 1.29 bits per heavy atom. The van der Waals surface area contributed by atoms with Crippen molar-refractivity contribution >= 4 is 46.3 Å². The van der Waals surface area contributed by atoms with Gasteiger partial charge in [-0.05, 0) is 24.6 Å². The number of hydrogen-bond acceptors (Lipinski definition) is 5. The Kier molecular flexibility index (Phi) is 5.59. The maximum absolute atomic E-state index is 13.6. The van der Waals surface area contributed by atoms with E-state index in [1.165, 1.54) is 25.4 Å². The van der Waals surface area contributed by atoms with E-state index in [0.29, 0.717) is 16.5 Å². The number of rotatable bonds is 4. The molecule has 0 saturated heterocycles. The van der Waals surface area contributed by atoms with E-state index < -0.39 is 24.0 Å². The van der Waals surface area contributed by atoms with Crippen LogP contribution in [0.5, 0.6) is 0 Å². The van der Waals surface area contributed by atoms with Crippen LogP contribution in [0.2, 0.25) is 5.02 Å². The Hall–Kier alpha value is -3.40. The van der Waals surface area contributed by atoms with Crippen LogP contribution in [0.25, 0.3) is 10.9 Å². The van der Waals surface area contributed by atoms with Crippen LogP contribution < -0.4 is 16.0 Å². The minimum atomic E-state index is -0.664. The highest BCUT2D eigenvalue weighted by atomic mass is 35.5. The molecule has 2 heterocycles. The number of nitrogens with zero attached hydrogens (tertiary/aromatic N) is 2. The molecule has 0 saturated carbocycles. The summed E-state index contributed by atoms with van der Waals surface area (Å²) in [6, 6.07) is 4.88. The number of methoxy groups -OCH3 is 1. The molecule has 0 bridgehead atoms. The molecule has 1 unspecified atom stereocenters. The van der Waals surface area contributed by atoms with Gasteiger partial charge in [-0.1, -0.05) is 17.7 Å². The monoisotopic (exact) mass is 406 g/mol. The summed E-state index contributed by atoms with van der Waals surface area (Å²) in [6.07, 6.45) is 0.778. The minimum absolute atomic E-state index is 0.0125. The number of fused-ring (bicyclic) bond motifs is 1. The molecule has 0 spiro atoms. The van der Waals surface area contributed by atoms with Crippen molar-refractivity contribution < 1.29 is 18.7 Å². The minimum Gasteiger partial charge on any atom is -0.453 e. The van der Waals surface area contributed by atoms with Crippen molar-refractivity contribution in [1.82, 2.24) is 20.5 Å². The third-order valence-electron chi connectivity index (χ3n) is 3.89. The molecule has 0 aliphatic rings. The van der Waals surface area contributed by atoms with Gasteiger partial charge < -0.3 is 10.1 Å². The molecule has 2 aromatic heterocycles. The number of benzene rings is 1. The third kappa shape index (κ3) is 4.29. The summed E-state index contributed by atoms with van der Waals surface area (Å²) in [4.78, 5) is 27.6. The second-order valence-electron chi connectivity index (χ2n) is 5.80. The van der Waals surface area contributed by atoms with Gasteiger partial charge >= 0.3 is 12.1 Å². The molecule has 4 N–H and O–H groups in total. The fourth-order valence-corrected chi connectivity index (χ4v) is 2.56. The molecule has 0 fully saturated rings. The highest BCUT2D eigenvalue weighted by molar-refractivity contribution is 6.30. The quantitative estimate of drug-likeness (QED) is 0.525. The Balaban J connectivity index is 1.67. The van der Waals surface area contributed by atoms with Crippen molar-refractivity contribution in [3.63, 3.8) is 0 Å². The van der Waals surface area contributed by atoms with Crippen molar-refractivity contribution in [2.45, 2.75) is 13.0 Å². The van der Waals surface area contributed by atoms with Gasteiger partial charge in [0, 0.05) is 12.3 Å². The van der Waals surface area contributed by atoms with Crippen LogP contribution in [-0.2, 0) is 4.74 Å². The molecule has 3 aromatic rings. The first-order valence-corrected chi connectivity index (χ1v) is 8.46. The number of amides is 3. The lowest BCUT2D eigenvalue weighted by molar-refractivity contribution is 0.187. The zero-order valence-corrected chi connectivity index (χ0v) is 15.6. The van der Waals surface area contributed by atoms with Crippen LogP contribution in [0.1, 0.15) is 18.5 Å². The van der Waals surface area contributed by atoms with Gasteiger partial charge in [0.05, 0.1) is 29.1 Å². The Morgan fingerprint density at radius 3 is 2.79 bits per heavy atom. The van der Waals surface area contributed by atoms with Gasteiger partial charge in [-0.25, -0.2) is 19.0 Å². The largest absolute Gasteiger partial charge is 0.453 e. The smallest absolute Gasteiger partial charge is 0.412 e. The topological polar surface area (TPSA) is 121 Å². The fraction of sp³-hybridized carbons (Fsp3) is 0.176. The number of hydrogen-bond donors (Lipinski definition) is 4. The van der Waals surface area contributed by atoms with Crippen molar-refractivity contribution in [3.05, 3.63) is 46.9 Å². The molecule has 0 aliphatic heterocycles. The average Bonchev–Trinajstić information content (AvgIpc) is 3.05. The van der Waals surface area contributed by atoms with Gasteiger partial charge in [0.15, 0.2) is 5.82 Å². The lowest BCUT2D eigenvalue weighted by atomic mass is 10.1. The highest BCUT2D eigenvalue weighted by Crippen LogP contribution is 2.22. The number of anilines is 2. The fourth-order valence-electron chi connectivity index (χ4n) is 2.44. The summed E-state index contributed by atoms with van der Waals surface area (Å²) in [5, 5.41) is 14.9. The van der Waals surface area contributed by atoms with E-state index in [-0.39, 0.29) is 16.7 Å². The number of halogens is 2. The van der Waals surface area contributed by atoms with Crippen LogP contribution in [0.4, 0.5) is 25.6 Å². The van der Waals surface area contributed by atoms with Gasteiger partial charge in [0.2, 0.25) is 0 Å². The lowest BCUT2D eigenvalue weighted by Gasteiger charge is -2.15. The summed E-state index contributed by atoms with van der Waals surface area (Å²) >= 11 is 5.66. The number of H-pyrrole nitrogens is 1. The predicted octanol–water partition coefficient (Wildman–Crippen LogP) is 3.81. The SMILES string of the molecule is COC(=O)Nc1n[nH]c2cc(NC(=O)NC(C)c3ccc(Cl)c(F)c3)ncc12. The number of carbonyl (C=O) groups excluding carboxylic acids is 2. The maximum Gasteiger partial charge on any atom is 0.412 e. The molecular formula is C17H16ClFN6O3. The molecule has 1 aromatic carbocycles. The number of aromatic nitrogens is 3. The molecule has 1 atom stereocenters. The van der Waals surface area contributed by atoms with E-state index >= 15 is 0 Å². The first-order chi connectivity index (χ1) is 13.4. The average molecular weight is 407 g/mol. The van der Waals surface area contributed by atoms with Crippen molar-refractivity contribution in [1.29, 1.82) is 0 Å². The summed E-state index contributed by atoms with van der Waals surface area (Å²) in [7, 11) is 1.24. The van der Waals surface area contributed by atoms with Gasteiger partial charge in [-0.2, -0.15) is 5.10 Å². The Labute approximate surface area is 163 Å². The van der Waals surface area contributed by atoms with Gasteiger partial charge in [-0.3, -0.25) is 15.7 Å². The van der Waals surface area contributed by atoms with E-state index in [2.05, 4.69) is 35.9 Å². The third-order valence-corrected chi connectivity index (χ3v) is 4.19. The zero-order chi connectivity index (χ0) is 20.3. The first-order valence-electron chi connectivity index (χ1n) is 8.09. The van der Waals surface area contributed by atoms with Gasteiger partial charge in [-0.15, -0.1) is 0 Å². The number of aromatic amines is 1. The second-order valence-corrected chi connectivity index (χ2v) is 6.20. The van der Waals surface area contributed by atoms with E-state index in [1.54, 1.807) is 19.1 Å². The number of nitrogens with one attached hydrogen (secondary N) is 4. The second kappa shape index (κ2) is 8.09. The molecule has 11 heteroatoms. The number of urea groups is 1. The Morgan fingerprint density at radius 2 is 2.07 bits per heavy atom. The van der Waals surface area contributed by atoms with E-state index in [4.69, 9.17) is 11.6 Å². The van der Waals surface area contributed by atoms with Crippen molar-refractivity contribution in [2.24, 2.45) is 0 Å². The maximum atomic E-state index is 13.6. The van der Waals surface area contributed by atoms with Gasteiger partial charge in [0.25, 0.3) is 0 Å². The van der Waals surface area contributed by atoms with Crippen LogP contribution in [0, 0.1) is 5.82 Å². The van der Waals surface area contributed by atoms with Crippen LogP contribution in [0.15, 0.2) is 30.5 Å². The predicted molar refractivity (Wildman–Crippen MR) is 102 cm³/mol. The van der Waals surface area contributed by atoms with Crippen LogP contribution in [-0.4, -0.2) is 34.4 Å². The normalized spacial score (nSPS) is 11.7. The number of pyridine rings is 1. The lowest BCUT2D eigenvalue weighted by Crippen LogP contribution is -2.31. The molecular weight excluding hydrogens is 391 g/mol. The molecule has 3 rings (SSSR count). The van der Waals surface area contributed by atoms with E-state index in [0.717, 1.165) is 0 Å². The molecule has 28 heavy (non-hydrogen) atoms. The summed E-state index contributed by atoms with van der Waals surface area (Å²) in [5.41, 5.74) is 1.11. The summed E-state index contributed by atoms with van der Waals surface area (Å²) < 4.78 is 18.1. The Bertz CT molecular complexity index is 1040. The summed E-state index contributed by atoms with van der Waals surface area (Å²) in [6.45, 7) is 1.71. The molecule has 0 aliphatic carbocycles. The van der Waals surface area contributed by atoms with Crippen LogP contribution >= 0.6 is 11.6 Å². The van der Waals surface area contributed by atoms with Crippen LogP contribution in [0.3, 0.4) is 0 Å². The number of ether oxygens (including phenoxy) is 1. The highest BCUT2D eigenvalue weighted by Gasteiger charge is 2.14. The zero-order valence-electron chi connectivity index (χ0n) is 14.8. The van der Waals surface area contributed by atoms with E-state index in [1.807, 2.05) is 0 Å². The summed E-state index contributed by atoms with van der Waals surface area (Å²) in [5.74, 6) is -0.0487. The molecule has 0 radical (unpaired) electrons. The first kappa shape index (κ1) is 19.4. The number of carbonyl (C=O) groups is 2. The van der Waals surface area contributed by atoms with E-state index in [9.17, 15) is 14.0 Å². The van der Waals surface area contributed by atoms with Crippen molar-refractivity contribution in [2.75, 3.05) is 17.7 Å².